The van der Waals surface area contributed by atoms with Crippen molar-refractivity contribution in [2.24, 2.45) is 5.92 Å². The lowest BCUT2D eigenvalue weighted by atomic mass is 9.90. The van der Waals surface area contributed by atoms with Gasteiger partial charge in [0.25, 0.3) is 5.91 Å². The van der Waals surface area contributed by atoms with Crippen LogP contribution in [0.2, 0.25) is 15.1 Å². The number of ether oxygens (including phenoxy) is 2. The third-order valence-electron chi connectivity index (χ3n) is 6.64. The Labute approximate surface area is 235 Å². The van der Waals surface area contributed by atoms with Crippen molar-refractivity contribution in [3.05, 3.63) is 81.3 Å². The van der Waals surface area contributed by atoms with Gasteiger partial charge in [0.05, 0.1) is 41.2 Å². The van der Waals surface area contributed by atoms with Crippen molar-refractivity contribution in [1.29, 1.82) is 0 Å². The first kappa shape index (κ1) is 26.6. The zero-order valence-electron chi connectivity index (χ0n) is 20.7. The van der Waals surface area contributed by atoms with Crippen LogP contribution in [-0.4, -0.2) is 31.6 Å². The van der Waals surface area contributed by atoms with Crippen LogP contribution in [0, 0.1) is 5.92 Å². The zero-order valence-corrected chi connectivity index (χ0v) is 23.0. The molecule has 0 spiro atoms. The highest BCUT2D eigenvalue weighted by Gasteiger charge is 2.60. The Bertz CT molecular complexity index is 1370. The number of nitrogens with zero attached hydrogens (tertiary/aromatic N) is 2. The van der Waals surface area contributed by atoms with Gasteiger partial charge in [0.2, 0.25) is 5.91 Å². The lowest BCUT2D eigenvalue weighted by Crippen LogP contribution is -2.37. The maximum absolute atomic E-state index is 13.8. The quantitative estimate of drug-likeness (QED) is 0.215. The van der Waals surface area contributed by atoms with Crippen LogP contribution in [0.1, 0.15) is 31.4 Å². The summed E-state index contributed by atoms with van der Waals surface area (Å²) in [6.45, 7) is 2.65. The molecule has 0 bridgehead atoms. The third-order valence-corrected chi connectivity index (χ3v) is 7.63. The van der Waals surface area contributed by atoms with E-state index in [1.54, 1.807) is 48.6 Å². The Kier molecular flexibility index (Phi) is 7.73. The number of rotatable bonds is 8. The predicted octanol–water partition coefficient (Wildman–Crippen LogP) is 6.89. The van der Waals surface area contributed by atoms with E-state index in [1.807, 2.05) is 18.2 Å². The number of carbonyl (C=O) groups is 2. The molecule has 2 heterocycles. The van der Waals surface area contributed by atoms with Crippen LogP contribution in [0.5, 0.6) is 11.5 Å². The summed E-state index contributed by atoms with van der Waals surface area (Å²) >= 11 is 18.3. The van der Waals surface area contributed by atoms with Gasteiger partial charge in [0.1, 0.15) is 5.92 Å². The number of unbranched alkanes of at least 4 members (excludes halogenated alkanes) is 1. The topological polar surface area (TPSA) is 68.3 Å². The molecule has 38 heavy (non-hydrogen) atoms. The van der Waals surface area contributed by atoms with Gasteiger partial charge in [-0.3, -0.25) is 14.4 Å². The number of anilines is 2. The zero-order chi connectivity index (χ0) is 27.0. The highest BCUT2D eigenvalue weighted by molar-refractivity contribution is 6.42. The van der Waals surface area contributed by atoms with E-state index in [1.165, 1.54) is 6.07 Å². The van der Waals surface area contributed by atoms with E-state index < -0.39 is 29.9 Å². The van der Waals surface area contributed by atoms with E-state index in [4.69, 9.17) is 49.1 Å². The summed E-state index contributed by atoms with van der Waals surface area (Å²) in [4.78, 5) is 34.7. The van der Waals surface area contributed by atoms with E-state index in [0.717, 1.165) is 23.3 Å². The number of hydrogen-bond acceptors (Lipinski definition) is 6. The fourth-order valence-corrected chi connectivity index (χ4v) is 5.18. The number of hydrogen-bond donors (Lipinski definition) is 0. The Morgan fingerprint density at radius 2 is 1.61 bits per heavy atom. The van der Waals surface area contributed by atoms with Crippen LogP contribution in [0.3, 0.4) is 0 Å². The molecule has 0 aliphatic carbocycles. The van der Waals surface area contributed by atoms with E-state index >= 15 is 0 Å². The van der Waals surface area contributed by atoms with Gasteiger partial charge in [-0.25, -0.2) is 9.96 Å². The minimum absolute atomic E-state index is 0.241. The molecule has 0 N–H and O–H groups in total. The van der Waals surface area contributed by atoms with Crippen molar-refractivity contribution in [3.63, 3.8) is 0 Å². The van der Waals surface area contributed by atoms with E-state index in [9.17, 15) is 9.59 Å². The first-order valence-corrected chi connectivity index (χ1v) is 13.3. The van der Waals surface area contributed by atoms with Gasteiger partial charge < -0.3 is 9.47 Å². The van der Waals surface area contributed by atoms with Crippen molar-refractivity contribution in [2.45, 2.75) is 31.9 Å². The summed E-state index contributed by atoms with van der Waals surface area (Å²) in [5.41, 5.74) is 1.71. The Morgan fingerprint density at radius 1 is 0.868 bits per heavy atom. The predicted molar refractivity (Wildman–Crippen MR) is 147 cm³/mol. The molecule has 3 aromatic carbocycles. The van der Waals surface area contributed by atoms with Gasteiger partial charge in [0, 0.05) is 5.02 Å². The van der Waals surface area contributed by atoms with Gasteiger partial charge in [-0.1, -0.05) is 54.2 Å². The second-order valence-electron chi connectivity index (χ2n) is 9.02. The number of hydroxylamine groups is 1. The van der Waals surface area contributed by atoms with Gasteiger partial charge in [-0.2, -0.15) is 0 Å². The number of carbonyl (C=O) groups excluding carboxylic acids is 2. The summed E-state index contributed by atoms with van der Waals surface area (Å²) in [7, 11) is 1.56. The van der Waals surface area contributed by atoms with Crippen LogP contribution >= 0.6 is 34.8 Å². The number of imide groups is 1. The highest BCUT2D eigenvalue weighted by Crippen LogP contribution is 2.49. The van der Waals surface area contributed by atoms with Crippen molar-refractivity contribution in [1.82, 2.24) is 0 Å². The van der Waals surface area contributed by atoms with E-state index in [-0.39, 0.29) is 5.02 Å². The standard InChI is InChI=1S/C28H25Cl3N2O5/c1-3-4-13-37-22-12-5-16(14-23(22)36-2)25-24-26(38-33(25)18-8-6-17(29)7-9-18)28(35)32(27(24)34)19-10-11-20(30)21(31)15-19/h5-12,14-15,24-26H,3-4,13H2,1-2H3. The Morgan fingerprint density at radius 3 is 2.29 bits per heavy atom. The number of benzene rings is 3. The molecular formula is C28H25Cl3N2O5. The molecule has 2 fully saturated rings. The average molecular weight is 576 g/mol. The lowest BCUT2D eigenvalue weighted by molar-refractivity contribution is -0.126. The van der Waals surface area contributed by atoms with Gasteiger partial charge in [-0.05, 0) is 66.6 Å². The van der Waals surface area contributed by atoms with Crippen LogP contribution in [-0.2, 0) is 14.4 Å². The Hall–Kier alpha value is -2.97. The maximum Gasteiger partial charge on any atom is 0.266 e. The largest absolute Gasteiger partial charge is 0.493 e. The summed E-state index contributed by atoms with van der Waals surface area (Å²) in [5.74, 6) is -0.585. The van der Waals surface area contributed by atoms with Crippen molar-refractivity contribution in [2.75, 3.05) is 23.7 Å². The average Bonchev–Trinajstić information content (AvgIpc) is 3.42. The van der Waals surface area contributed by atoms with Crippen LogP contribution < -0.4 is 19.4 Å². The normalized spacial score (nSPS) is 20.7. The van der Waals surface area contributed by atoms with Crippen molar-refractivity contribution >= 4 is 58.0 Å². The molecule has 3 unspecified atom stereocenters. The van der Waals surface area contributed by atoms with Crippen LogP contribution in [0.4, 0.5) is 11.4 Å². The lowest BCUT2D eigenvalue weighted by Gasteiger charge is -2.29. The second-order valence-corrected chi connectivity index (χ2v) is 10.3. The summed E-state index contributed by atoms with van der Waals surface area (Å²) < 4.78 is 11.5. The molecule has 0 saturated carbocycles. The molecule has 5 rings (SSSR count). The smallest absolute Gasteiger partial charge is 0.266 e. The molecule has 0 radical (unpaired) electrons. The molecule has 0 aromatic heterocycles. The van der Waals surface area contributed by atoms with Crippen LogP contribution in [0.25, 0.3) is 0 Å². The third kappa shape index (κ3) is 4.80. The molecular weight excluding hydrogens is 551 g/mol. The number of fused-ring (bicyclic) bond motifs is 1. The first-order valence-electron chi connectivity index (χ1n) is 12.2. The summed E-state index contributed by atoms with van der Waals surface area (Å²) in [5, 5.41) is 2.72. The number of amides is 2. The second kappa shape index (κ2) is 11.0. The fourth-order valence-electron chi connectivity index (χ4n) is 4.76. The van der Waals surface area contributed by atoms with Gasteiger partial charge >= 0.3 is 0 Å². The molecule has 3 aromatic rings. The number of halogens is 3. The SMILES string of the molecule is CCCCOc1ccc(C2C3C(=O)N(c4ccc(Cl)c(Cl)c4)C(=O)C3ON2c2ccc(Cl)cc2)cc1OC. The fraction of sp³-hybridized carbons (Fsp3) is 0.286. The van der Waals surface area contributed by atoms with E-state index in [0.29, 0.717) is 39.5 Å². The minimum Gasteiger partial charge on any atom is -0.493 e. The molecule has 10 heteroatoms. The molecule has 2 aliphatic rings. The highest BCUT2D eigenvalue weighted by atomic mass is 35.5. The minimum atomic E-state index is -1.04. The number of methoxy groups -OCH3 is 1. The summed E-state index contributed by atoms with van der Waals surface area (Å²) in [6, 6.07) is 16.5. The molecule has 2 saturated heterocycles. The van der Waals surface area contributed by atoms with Crippen molar-refractivity contribution in [3.8, 4) is 11.5 Å². The monoisotopic (exact) mass is 574 g/mol. The molecule has 7 nitrogen and oxygen atoms in total. The maximum atomic E-state index is 13.8. The Balaban J connectivity index is 1.55. The molecule has 3 atom stereocenters. The van der Waals surface area contributed by atoms with Gasteiger partial charge in [0.15, 0.2) is 17.6 Å². The molecule has 2 amide bonds. The van der Waals surface area contributed by atoms with E-state index in [2.05, 4.69) is 6.92 Å². The van der Waals surface area contributed by atoms with Crippen LogP contribution in [0.15, 0.2) is 60.7 Å². The van der Waals surface area contributed by atoms with Gasteiger partial charge in [-0.15, -0.1) is 0 Å². The summed E-state index contributed by atoms with van der Waals surface area (Å²) in [6.07, 6.45) is 0.880. The molecule has 2 aliphatic heterocycles. The molecule has 198 valence electrons. The first-order chi connectivity index (χ1) is 18.3. The van der Waals surface area contributed by atoms with Crippen molar-refractivity contribution < 1.29 is 23.9 Å².